The van der Waals surface area contributed by atoms with E-state index in [1.807, 2.05) is 6.92 Å². The van der Waals surface area contributed by atoms with Gasteiger partial charge >= 0.3 is 6.09 Å². The summed E-state index contributed by atoms with van der Waals surface area (Å²) < 4.78 is 5.03. The van der Waals surface area contributed by atoms with Gasteiger partial charge in [-0.25, -0.2) is 4.79 Å². The van der Waals surface area contributed by atoms with Crippen molar-refractivity contribution in [3.05, 3.63) is 0 Å². The Morgan fingerprint density at radius 3 is 2.44 bits per heavy atom. The van der Waals surface area contributed by atoms with E-state index in [-0.39, 0.29) is 12.5 Å². The first-order valence-electron chi connectivity index (χ1n) is 5.56. The van der Waals surface area contributed by atoms with Crippen LogP contribution in [0.2, 0.25) is 0 Å². The van der Waals surface area contributed by atoms with Crippen LogP contribution in [-0.4, -0.2) is 41.6 Å². The number of nitrogens with one attached hydrogen (secondary N) is 1. The maximum atomic E-state index is 11.6. The average molecular weight is 228 g/mol. The average Bonchev–Trinajstić information content (AvgIpc) is 2.09. The molecule has 0 radical (unpaired) electrons. The summed E-state index contributed by atoms with van der Waals surface area (Å²) in [6.07, 6.45) is 0.493. The molecule has 5 nitrogen and oxygen atoms in total. The van der Waals surface area contributed by atoms with Gasteiger partial charge in [-0.2, -0.15) is 0 Å². The maximum Gasteiger partial charge on any atom is 0.408 e. The summed E-state index contributed by atoms with van der Waals surface area (Å²) in [7, 11) is 0. The van der Waals surface area contributed by atoms with Gasteiger partial charge in [0.1, 0.15) is 12.1 Å². The zero-order chi connectivity index (χ0) is 12.3. The summed E-state index contributed by atoms with van der Waals surface area (Å²) in [5, 5.41) is 2.46. The second kappa shape index (κ2) is 4.72. The van der Waals surface area contributed by atoms with E-state index in [0.29, 0.717) is 6.04 Å². The Morgan fingerprint density at radius 1 is 1.44 bits per heavy atom. The molecule has 1 saturated heterocycles. The first-order chi connectivity index (χ1) is 7.29. The molecule has 92 valence electrons. The fourth-order valence-corrected chi connectivity index (χ4v) is 1.45. The number of hydrogen-bond acceptors (Lipinski definition) is 3. The first-order valence-corrected chi connectivity index (χ1v) is 5.56. The summed E-state index contributed by atoms with van der Waals surface area (Å²) >= 11 is 0. The highest BCUT2D eigenvalue weighted by molar-refractivity contribution is 5.83. The van der Waals surface area contributed by atoms with Crippen LogP contribution < -0.4 is 5.32 Å². The summed E-state index contributed by atoms with van der Waals surface area (Å²) in [6.45, 7) is 8.15. The van der Waals surface area contributed by atoms with Gasteiger partial charge < -0.3 is 15.0 Å². The molecular formula is C11H20N2O3. The van der Waals surface area contributed by atoms with Crippen molar-refractivity contribution in [2.75, 3.05) is 13.1 Å². The predicted octanol–water partition coefficient (Wildman–Crippen LogP) is 1.13. The van der Waals surface area contributed by atoms with E-state index < -0.39 is 11.7 Å². The van der Waals surface area contributed by atoms with Crippen molar-refractivity contribution in [2.24, 2.45) is 0 Å². The molecule has 0 aromatic heterocycles. The van der Waals surface area contributed by atoms with Crippen molar-refractivity contribution in [3.63, 3.8) is 0 Å². The highest BCUT2D eigenvalue weighted by Gasteiger charge is 2.28. The van der Waals surface area contributed by atoms with Gasteiger partial charge in [-0.15, -0.1) is 0 Å². The van der Waals surface area contributed by atoms with Gasteiger partial charge in [0.25, 0.3) is 0 Å². The third kappa shape index (κ3) is 3.72. The summed E-state index contributed by atoms with van der Waals surface area (Å²) in [5.41, 5.74) is -0.531. The number of alkyl carbamates (subject to hydrolysis) is 1. The summed E-state index contributed by atoms with van der Waals surface area (Å²) in [6, 6.07) is 0.299. The molecule has 0 aliphatic carbocycles. The number of ether oxygens (including phenoxy) is 1. The van der Waals surface area contributed by atoms with Crippen molar-refractivity contribution in [1.29, 1.82) is 0 Å². The minimum Gasteiger partial charge on any atom is -0.444 e. The van der Waals surface area contributed by atoms with Crippen LogP contribution in [-0.2, 0) is 9.53 Å². The lowest BCUT2D eigenvalue weighted by Crippen LogP contribution is -2.52. The third-order valence-electron chi connectivity index (χ3n) is 2.42. The second-order valence-electron chi connectivity index (χ2n) is 5.08. The van der Waals surface area contributed by atoms with Gasteiger partial charge in [0.05, 0.1) is 0 Å². The Hall–Kier alpha value is -1.26. The zero-order valence-corrected chi connectivity index (χ0v) is 10.4. The maximum absolute atomic E-state index is 11.6. The van der Waals surface area contributed by atoms with Gasteiger partial charge in [-0.1, -0.05) is 0 Å². The van der Waals surface area contributed by atoms with Crippen molar-refractivity contribution < 1.29 is 14.3 Å². The second-order valence-corrected chi connectivity index (χ2v) is 5.08. The smallest absolute Gasteiger partial charge is 0.408 e. The Labute approximate surface area is 96.1 Å². The van der Waals surface area contributed by atoms with Gasteiger partial charge in [-0.05, 0) is 34.1 Å². The first kappa shape index (κ1) is 12.8. The number of carbonyl (C=O) groups is 2. The number of hydrogen-bond donors (Lipinski definition) is 1. The van der Waals surface area contributed by atoms with Gasteiger partial charge in [0.2, 0.25) is 5.91 Å². The highest BCUT2D eigenvalue weighted by Crippen LogP contribution is 2.15. The Morgan fingerprint density at radius 2 is 2.06 bits per heavy atom. The van der Waals surface area contributed by atoms with Gasteiger partial charge in [-0.3, -0.25) is 4.79 Å². The largest absolute Gasteiger partial charge is 0.444 e. The molecule has 0 aromatic rings. The highest BCUT2D eigenvalue weighted by atomic mass is 16.6. The van der Waals surface area contributed by atoms with Crippen molar-refractivity contribution in [3.8, 4) is 0 Å². The molecule has 1 unspecified atom stereocenters. The number of rotatable bonds is 2. The molecule has 5 heteroatoms. The molecule has 1 rings (SSSR count). The molecule has 1 aliphatic rings. The predicted molar refractivity (Wildman–Crippen MR) is 60.0 cm³/mol. The number of carbonyl (C=O) groups excluding carboxylic acids is 2. The standard InChI is InChI=1S/C11H20N2O3/c1-8-5-6-13(8)9(14)7-12-10(15)16-11(2,3)4/h8H,5-7H2,1-4H3,(H,12,15). The number of amides is 2. The molecule has 0 aromatic carbocycles. The van der Waals surface area contributed by atoms with E-state index in [4.69, 9.17) is 4.74 Å². The van der Waals surface area contributed by atoms with Crippen molar-refractivity contribution in [1.82, 2.24) is 10.2 Å². The van der Waals surface area contributed by atoms with Crippen LogP contribution in [0.1, 0.15) is 34.1 Å². The summed E-state index contributed by atoms with van der Waals surface area (Å²) in [4.78, 5) is 24.6. The minimum absolute atomic E-state index is 0.0131. The normalized spacial score (nSPS) is 20.0. The van der Waals surface area contributed by atoms with E-state index in [9.17, 15) is 9.59 Å². The Kier molecular flexibility index (Phi) is 3.78. The quantitative estimate of drug-likeness (QED) is 0.770. The zero-order valence-electron chi connectivity index (χ0n) is 10.4. The van der Waals surface area contributed by atoms with E-state index >= 15 is 0 Å². The van der Waals surface area contributed by atoms with Crippen LogP contribution in [0.5, 0.6) is 0 Å². The van der Waals surface area contributed by atoms with E-state index in [2.05, 4.69) is 5.32 Å². The van der Waals surface area contributed by atoms with Crippen LogP contribution in [0.15, 0.2) is 0 Å². The Balaban J connectivity index is 2.24. The fourth-order valence-electron chi connectivity index (χ4n) is 1.45. The van der Waals surface area contributed by atoms with E-state index in [1.54, 1.807) is 25.7 Å². The van der Waals surface area contributed by atoms with Crippen LogP contribution in [0.25, 0.3) is 0 Å². The summed E-state index contributed by atoms with van der Waals surface area (Å²) in [5.74, 6) is -0.0513. The SMILES string of the molecule is CC1CCN1C(=O)CNC(=O)OC(C)(C)C. The van der Waals surface area contributed by atoms with E-state index in [1.165, 1.54) is 0 Å². The number of likely N-dealkylation sites (tertiary alicyclic amines) is 1. The monoisotopic (exact) mass is 228 g/mol. The molecule has 16 heavy (non-hydrogen) atoms. The van der Waals surface area contributed by atoms with Gasteiger partial charge in [0.15, 0.2) is 0 Å². The molecule has 1 N–H and O–H groups in total. The van der Waals surface area contributed by atoms with Crippen LogP contribution in [0.3, 0.4) is 0 Å². The van der Waals surface area contributed by atoms with Crippen LogP contribution >= 0.6 is 0 Å². The van der Waals surface area contributed by atoms with Crippen molar-refractivity contribution >= 4 is 12.0 Å². The minimum atomic E-state index is -0.547. The Bertz CT molecular complexity index is 283. The molecule has 1 atom stereocenters. The molecular weight excluding hydrogens is 208 g/mol. The molecule has 1 heterocycles. The topological polar surface area (TPSA) is 58.6 Å². The molecule has 2 amide bonds. The molecule has 1 aliphatic heterocycles. The van der Waals surface area contributed by atoms with E-state index in [0.717, 1.165) is 13.0 Å². The lowest BCUT2D eigenvalue weighted by atomic mass is 10.1. The lowest BCUT2D eigenvalue weighted by Gasteiger charge is -2.38. The van der Waals surface area contributed by atoms with Crippen LogP contribution in [0, 0.1) is 0 Å². The van der Waals surface area contributed by atoms with Crippen LogP contribution in [0.4, 0.5) is 4.79 Å². The lowest BCUT2D eigenvalue weighted by molar-refractivity contribution is -0.137. The molecule has 1 fully saturated rings. The number of nitrogens with zero attached hydrogens (tertiary/aromatic N) is 1. The molecule has 0 spiro atoms. The van der Waals surface area contributed by atoms with Gasteiger partial charge in [0, 0.05) is 12.6 Å². The molecule has 0 saturated carbocycles. The van der Waals surface area contributed by atoms with Crippen molar-refractivity contribution in [2.45, 2.75) is 45.8 Å². The molecule has 0 bridgehead atoms. The fraction of sp³-hybridized carbons (Fsp3) is 0.818. The third-order valence-corrected chi connectivity index (χ3v) is 2.42.